The number of esters is 1. The quantitative estimate of drug-likeness (QED) is 0.0925. The molecule has 264 valence electrons. The van der Waals surface area contributed by atoms with E-state index in [1.807, 2.05) is 6.07 Å². The minimum absolute atomic E-state index is 0.0167. The largest absolute Gasteiger partial charge is 0.444 e. The second kappa shape index (κ2) is 16.4. The van der Waals surface area contributed by atoms with Crippen LogP contribution in [0.15, 0.2) is 84.9 Å². The van der Waals surface area contributed by atoms with Crippen LogP contribution >= 0.6 is 11.6 Å². The molecule has 0 N–H and O–H groups in total. The molecule has 5 rings (SSSR count). The number of carbonyl (C=O) groups excluding carboxylic acids is 5. The standard InChI is InChI=1S/C37H35ClN4O9/c1-37(2,3)51-36(47)42(35(46)49-23-24-10-5-4-6-11-24)17-16-26-21-30(39-40-31(26)38)50-34(45)27-13-9-12-25(20-27)22-48-19-18-41-32(43)28-14-7-8-15-29(28)33(41)44/h4-15,20-21H,16-19,22-23H2,1-3H3. The summed E-state index contributed by atoms with van der Waals surface area (Å²) in [5, 5.41) is 7.71. The van der Waals surface area contributed by atoms with E-state index in [9.17, 15) is 24.0 Å². The predicted octanol–water partition coefficient (Wildman–Crippen LogP) is 6.28. The number of fused-ring (bicyclic) bond motifs is 1. The summed E-state index contributed by atoms with van der Waals surface area (Å²) >= 11 is 6.28. The SMILES string of the molecule is CC(C)(C)OC(=O)N(CCc1cc(OC(=O)c2cccc(COCCN3C(=O)c4ccccc4C3=O)c2)nnc1Cl)C(=O)OCc1ccccc1. The van der Waals surface area contributed by atoms with E-state index in [4.69, 9.17) is 30.5 Å². The summed E-state index contributed by atoms with van der Waals surface area (Å²) in [6.07, 6.45) is -1.80. The average molecular weight is 715 g/mol. The molecule has 0 bridgehead atoms. The van der Waals surface area contributed by atoms with Gasteiger partial charge in [0.15, 0.2) is 5.15 Å². The van der Waals surface area contributed by atoms with Crippen molar-refractivity contribution in [3.63, 3.8) is 0 Å². The van der Waals surface area contributed by atoms with Crippen molar-refractivity contribution in [1.82, 2.24) is 20.0 Å². The topological polar surface area (TPSA) is 155 Å². The van der Waals surface area contributed by atoms with E-state index in [-0.39, 0.29) is 67.7 Å². The van der Waals surface area contributed by atoms with Crippen LogP contribution in [-0.2, 0) is 33.8 Å². The minimum atomic E-state index is -0.912. The lowest BCUT2D eigenvalue weighted by Gasteiger charge is -2.25. The first kappa shape index (κ1) is 36.6. The monoisotopic (exact) mass is 714 g/mol. The number of aromatic nitrogens is 2. The number of hydrogen-bond acceptors (Lipinski definition) is 11. The van der Waals surface area contributed by atoms with E-state index in [0.717, 1.165) is 15.4 Å². The third-order valence-electron chi connectivity index (χ3n) is 7.41. The van der Waals surface area contributed by atoms with Crippen molar-refractivity contribution in [1.29, 1.82) is 0 Å². The lowest BCUT2D eigenvalue weighted by Crippen LogP contribution is -2.42. The number of rotatable bonds is 12. The van der Waals surface area contributed by atoms with E-state index < -0.39 is 23.8 Å². The molecular formula is C37H35ClN4O9. The van der Waals surface area contributed by atoms with Crippen LogP contribution < -0.4 is 4.74 Å². The zero-order valence-corrected chi connectivity index (χ0v) is 28.9. The maximum atomic E-state index is 13.0. The molecular weight excluding hydrogens is 680 g/mol. The van der Waals surface area contributed by atoms with Crippen molar-refractivity contribution in [2.24, 2.45) is 0 Å². The summed E-state index contributed by atoms with van der Waals surface area (Å²) in [6, 6.07) is 23.6. The lowest BCUT2D eigenvalue weighted by atomic mass is 10.1. The number of nitrogens with zero attached hydrogens (tertiary/aromatic N) is 4. The third kappa shape index (κ3) is 9.74. The molecule has 0 spiro atoms. The Morgan fingerprint density at radius 2 is 1.47 bits per heavy atom. The molecule has 0 aliphatic carbocycles. The number of imide groups is 2. The van der Waals surface area contributed by atoms with Crippen LogP contribution in [0.3, 0.4) is 0 Å². The van der Waals surface area contributed by atoms with E-state index in [2.05, 4.69) is 10.2 Å². The van der Waals surface area contributed by atoms with Crippen molar-refractivity contribution < 1.29 is 42.9 Å². The lowest BCUT2D eigenvalue weighted by molar-refractivity contribution is 0.0210. The van der Waals surface area contributed by atoms with Gasteiger partial charge in [0.05, 0.1) is 36.4 Å². The summed E-state index contributed by atoms with van der Waals surface area (Å²) in [7, 11) is 0. The maximum absolute atomic E-state index is 13.0. The fraction of sp³-hybridized carbons (Fsp3) is 0.270. The molecule has 14 heteroatoms. The number of ether oxygens (including phenoxy) is 4. The van der Waals surface area contributed by atoms with Gasteiger partial charge in [0.1, 0.15) is 12.2 Å². The smallest absolute Gasteiger partial charge is 0.419 e. The summed E-state index contributed by atoms with van der Waals surface area (Å²) in [5.41, 5.74) is 1.79. The number of carbonyl (C=O) groups is 5. The van der Waals surface area contributed by atoms with Gasteiger partial charge in [-0.2, -0.15) is 0 Å². The summed E-state index contributed by atoms with van der Waals surface area (Å²) in [4.78, 5) is 66.1. The van der Waals surface area contributed by atoms with Gasteiger partial charge < -0.3 is 18.9 Å². The number of hydrogen-bond donors (Lipinski definition) is 0. The van der Waals surface area contributed by atoms with Crippen molar-refractivity contribution >= 4 is 41.6 Å². The molecule has 0 atom stereocenters. The first-order valence-corrected chi connectivity index (χ1v) is 16.3. The Kier molecular flexibility index (Phi) is 11.7. The normalized spacial score (nSPS) is 12.4. The molecule has 0 radical (unpaired) electrons. The van der Waals surface area contributed by atoms with Gasteiger partial charge in [0.25, 0.3) is 11.8 Å². The highest BCUT2D eigenvalue weighted by Crippen LogP contribution is 2.23. The maximum Gasteiger partial charge on any atom is 0.419 e. The van der Waals surface area contributed by atoms with E-state index in [1.54, 1.807) is 93.6 Å². The Balaban J connectivity index is 1.16. The van der Waals surface area contributed by atoms with Gasteiger partial charge in [0, 0.05) is 12.6 Å². The molecule has 13 nitrogen and oxygen atoms in total. The fourth-order valence-electron chi connectivity index (χ4n) is 4.95. The number of halogens is 1. The van der Waals surface area contributed by atoms with Gasteiger partial charge in [-0.3, -0.25) is 14.5 Å². The molecule has 1 aliphatic rings. The van der Waals surface area contributed by atoms with Crippen molar-refractivity contribution in [2.75, 3.05) is 19.7 Å². The highest BCUT2D eigenvalue weighted by atomic mass is 35.5. The van der Waals surface area contributed by atoms with Gasteiger partial charge in [0.2, 0.25) is 5.88 Å². The highest BCUT2D eigenvalue weighted by Gasteiger charge is 2.34. The Hall–Kier alpha value is -5.66. The Labute approximate surface area is 299 Å². The van der Waals surface area contributed by atoms with Gasteiger partial charge >= 0.3 is 18.2 Å². The molecule has 0 unspecified atom stereocenters. The van der Waals surface area contributed by atoms with Crippen molar-refractivity contribution in [3.8, 4) is 5.88 Å². The van der Waals surface area contributed by atoms with Gasteiger partial charge in [-0.25, -0.2) is 19.3 Å². The third-order valence-corrected chi connectivity index (χ3v) is 7.73. The summed E-state index contributed by atoms with van der Waals surface area (Å²) < 4.78 is 22.0. The molecule has 4 aromatic rings. The number of amides is 4. The Morgan fingerprint density at radius 1 is 0.804 bits per heavy atom. The van der Waals surface area contributed by atoms with Crippen LogP contribution in [0.5, 0.6) is 5.88 Å². The molecule has 51 heavy (non-hydrogen) atoms. The van der Waals surface area contributed by atoms with Gasteiger partial charge in [-0.15, -0.1) is 10.2 Å². The van der Waals surface area contributed by atoms with Crippen LogP contribution in [0.2, 0.25) is 5.15 Å². The second-order valence-electron chi connectivity index (χ2n) is 12.4. The zero-order chi connectivity index (χ0) is 36.5. The average Bonchev–Trinajstić information content (AvgIpc) is 3.35. The van der Waals surface area contributed by atoms with Gasteiger partial charge in [-0.1, -0.05) is 66.2 Å². The predicted molar refractivity (Wildman–Crippen MR) is 183 cm³/mol. The summed E-state index contributed by atoms with van der Waals surface area (Å²) in [6.45, 7) is 5.06. The van der Waals surface area contributed by atoms with Crippen molar-refractivity contribution in [3.05, 3.63) is 123 Å². The first-order valence-electron chi connectivity index (χ1n) is 16.0. The van der Waals surface area contributed by atoms with Crippen LogP contribution in [0.1, 0.15) is 68.5 Å². The van der Waals surface area contributed by atoms with E-state index in [1.165, 1.54) is 6.07 Å². The Bertz CT molecular complexity index is 1900. The van der Waals surface area contributed by atoms with Crippen LogP contribution in [0.4, 0.5) is 9.59 Å². The van der Waals surface area contributed by atoms with E-state index in [0.29, 0.717) is 22.3 Å². The fourth-order valence-corrected chi connectivity index (χ4v) is 5.14. The van der Waals surface area contributed by atoms with Crippen molar-refractivity contribution in [2.45, 2.75) is 46.0 Å². The van der Waals surface area contributed by atoms with Crippen LogP contribution in [0.25, 0.3) is 0 Å². The van der Waals surface area contributed by atoms with E-state index >= 15 is 0 Å². The van der Waals surface area contributed by atoms with Gasteiger partial charge in [-0.05, 0) is 68.1 Å². The highest BCUT2D eigenvalue weighted by molar-refractivity contribution is 6.30. The molecule has 0 saturated heterocycles. The molecule has 1 aliphatic heterocycles. The molecule has 4 amide bonds. The Morgan fingerprint density at radius 3 is 2.16 bits per heavy atom. The summed E-state index contributed by atoms with van der Waals surface area (Å²) in [5.74, 6) is -1.61. The molecule has 0 saturated carbocycles. The molecule has 2 heterocycles. The molecule has 0 fully saturated rings. The first-order chi connectivity index (χ1) is 24.4. The zero-order valence-electron chi connectivity index (χ0n) is 28.2. The van der Waals surface area contributed by atoms with Crippen LogP contribution in [0, 0.1) is 0 Å². The molecule has 1 aromatic heterocycles. The number of benzene rings is 3. The second-order valence-corrected chi connectivity index (χ2v) is 12.7. The molecule has 3 aromatic carbocycles. The van der Waals surface area contributed by atoms with Crippen LogP contribution in [-0.4, -0.2) is 75.3 Å². The minimum Gasteiger partial charge on any atom is -0.444 e.